The van der Waals surface area contributed by atoms with Crippen molar-refractivity contribution in [1.29, 1.82) is 0 Å². The number of carbonyl (C=O) groups excluding carboxylic acids is 1. The monoisotopic (exact) mass is 256 g/mol. The summed E-state index contributed by atoms with van der Waals surface area (Å²) in [6, 6.07) is 1.50. The SMILES string of the molecule is O=C(COCC(F)(F)C(F)F)c1ccsc1. The summed E-state index contributed by atoms with van der Waals surface area (Å²) < 4.78 is 52.4. The number of thiophene rings is 1. The van der Waals surface area contributed by atoms with Gasteiger partial charge in [-0.3, -0.25) is 4.79 Å². The van der Waals surface area contributed by atoms with Crippen molar-refractivity contribution in [3.05, 3.63) is 22.4 Å². The Morgan fingerprint density at radius 3 is 2.69 bits per heavy atom. The van der Waals surface area contributed by atoms with Crippen LogP contribution in [0.15, 0.2) is 16.8 Å². The Labute approximate surface area is 92.8 Å². The van der Waals surface area contributed by atoms with Gasteiger partial charge < -0.3 is 4.74 Å². The molecular weight excluding hydrogens is 248 g/mol. The number of ether oxygens (including phenoxy) is 1. The molecule has 0 N–H and O–H groups in total. The van der Waals surface area contributed by atoms with Crippen LogP contribution in [0.2, 0.25) is 0 Å². The van der Waals surface area contributed by atoms with Crippen LogP contribution in [0.1, 0.15) is 10.4 Å². The molecule has 0 bridgehead atoms. The van der Waals surface area contributed by atoms with Crippen molar-refractivity contribution >= 4 is 17.1 Å². The lowest BCUT2D eigenvalue weighted by Gasteiger charge is -2.14. The molecule has 0 fully saturated rings. The maximum absolute atomic E-state index is 12.4. The number of rotatable bonds is 6. The molecule has 0 radical (unpaired) electrons. The van der Waals surface area contributed by atoms with Crippen molar-refractivity contribution in [1.82, 2.24) is 0 Å². The molecule has 7 heteroatoms. The van der Waals surface area contributed by atoms with Crippen molar-refractivity contribution in [3.63, 3.8) is 0 Å². The minimum Gasteiger partial charge on any atom is -0.367 e. The lowest BCUT2D eigenvalue weighted by atomic mass is 10.2. The molecule has 2 nitrogen and oxygen atoms in total. The summed E-state index contributed by atoms with van der Waals surface area (Å²) in [6.45, 7) is -2.08. The smallest absolute Gasteiger partial charge is 0.330 e. The number of hydrogen-bond donors (Lipinski definition) is 0. The van der Waals surface area contributed by atoms with Crippen LogP contribution in [0.4, 0.5) is 17.6 Å². The molecule has 0 aliphatic heterocycles. The van der Waals surface area contributed by atoms with E-state index in [4.69, 9.17) is 0 Å². The fourth-order valence-corrected chi connectivity index (χ4v) is 1.51. The van der Waals surface area contributed by atoms with Gasteiger partial charge in [0.1, 0.15) is 13.2 Å². The highest BCUT2D eigenvalue weighted by Gasteiger charge is 2.41. The van der Waals surface area contributed by atoms with Crippen molar-refractivity contribution < 1.29 is 27.1 Å². The van der Waals surface area contributed by atoms with Crippen molar-refractivity contribution in [2.24, 2.45) is 0 Å². The minimum absolute atomic E-state index is 0.324. The summed E-state index contributed by atoms with van der Waals surface area (Å²) >= 11 is 1.27. The van der Waals surface area contributed by atoms with Crippen molar-refractivity contribution in [3.8, 4) is 0 Å². The number of hydrogen-bond acceptors (Lipinski definition) is 3. The fraction of sp³-hybridized carbons (Fsp3) is 0.444. The van der Waals surface area contributed by atoms with E-state index in [2.05, 4.69) is 4.74 Å². The van der Waals surface area contributed by atoms with E-state index in [-0.39, 0.29) is 0 Å². The molecule has 0 amide bonds. The van der Waals surface area contributed by atoms with Gasteiger partial charge in [0.2, 0.25) is 0 Å². The summed E-state index contributed by atoms with van der Waals surface area (Å²) in [6.07, 6.45) is -3.79. The van der Waals surface area contributed by atoms with Gasteiger partial charge in [-0.25, -0.2) is 8.78 Å². The maximum atomic E-state index is 12.4. The van der Waals surface area contributed by atoms with Gasteiger partial charge in [0.15, 0.2) is 5.78 Å². The Bertz CT molecular complexity index is 337. The molecule has 0 spiro atoms. The van der Waals surface area contributed by atoms with Gasteiger partial charge in [-0.05, 0) is 11.4 Å². The lowest BCUT2D eigenvalue weighted by molar-refractivity contribution is -0.163. The minimum atomic E-state index is -4.21. The quantitative estimate of drug-likeness (QED) is 0.578. The highest BCUT2D eigenvalue weighted by Crippen LogP contribution is 2.22. The maximum Gasteiger partial charge on any atom is 0.330 e. The van der Waals surface area contributed by atoms with E-state index >= 15 is 0 Å². The first-order valence-corrected chi connectivity index (χ1v) is 5.17. The molecule has 16 heavy (non-hydrogen) atoms. The van der Waals surface area contributed by atoms with E-state index in [1.807, 2.05) is 0 Å². The second kappa shape index (κ2) is 5.40. The number of alkyl halides is 4. The topological polar surface area (TPSA) is 26.3 Å². The first-order chi connectivity index (χ1) is 7.43. The summed E-state index contributed by atoms with van der Waals surface area (Å²) in [5, 5.41) is 3.16. The highest BCUT2D eigenvalue weighted by atomic mass is 32.1. The van der Waals surface area contributed by atoms with E-state index in [1.165, 1.54) is 22.8 Å². The highest BCUT2D eigenvalue weighted by molar-refractivity contribution is 7.08. The fourth-order valence-electron chi connectivity index (χ4n) is 0.849. The molecule has 1 heterocycles. The zero-order chi connectivity index (χ0) is 12.2. The van der Waals surface area contributed by atoms with Crippen LogP contribution in [0.3, 0.4) is 0 Å². The number of carbonyl (C=O) groups is 1. The van der Waals surface area contributed by atoms with Crippen LogP contribution in [-0.4, -0.2) is 31.3 Å². The van der Waals surface area contributed by atoms with Crippen LogP contribution in [0.5, 0.6) is 0 Å². The molecule has 0 aliphatic rings. The molecule has 1 aromatic heterocycles. The third-order valence-electron chi connectivity index (χ3n) is 1.69. The summed E-state index contributed by atoms with van der Waals surface area (Å²) in [5.41, 5.74) is 0.324. The standard InChI is InChI=1S/C9H8F4O2S/c10-8(11)9(12,13)5-15-3-7(14)6-1-2-16-4-6/h1-2,4,8H,3,5H2. The third-order valence-corrected chi connectivity index (χ3v) is 2.37. The number of halogens is 4. The van der Waals surface area contributed by atoms with E-state index in [0.29, 0.717) is 5.56 Å². The first kappa shape index (κ1) is 13.1. The predicted molar refractivity (Wildman–Crippen MR) is 50.4 cm³/mol. The van der Waals surface area contributed by atoms with Gasteiger partial charge in [-0.1, -0.05) is 0 Å². The number of ketones is 1. The van der Waals surface area contributed by atoms with Crippen molar-refractivity contribution in [2.45, 2.75) is 12.3 Å². The molecule has 0 aromatic carbocycles. The van der Waals surface area contributed by atoms with E-state index < -0.39 is 31.3 Å². The van der Waals surface area contributed by atoms with Gasteiger partial charge in [0, 0.05) is 10.9 Å². The second-order valence-electron chi connectivity index (χ2n) is 2.99. The van der Waals surface area contributed by atoms with Gasteiger partial charge in [-0.15, -0.1) is 0 Å². The van der Waals surface area contributed by atoms with Gasteiger partial charge in [0.25, 0.3) is 0 Å². The van der Waals surface area contributed by atoms with Crippen molar-refractivity contribution in [2.75, 3.05) is 13.2 Å². The molecule has 0 aliphatic carbocycles. The Hall–Kier alpha value is -0.950. The Morgan fingerprint density at radius 1 is 1.50 bits per heavy atom. The van der Waals surface area contributed by atoms with Crippen LogP contribution in [-0.2, 0) is 4.74 Å². The Morgan fingerprint density at radius 2 is 2.19 bits per heavy atom. The van der Waals surface area contributed by atoms with Crippen LogP contribution in [0, 0.1) is 0 Å². The van der Waals surface area contributed by atoms with E-state index in [0.717, 1.165) is 0 Å². The molecule has 0 saturated heterocycles. The Balaban J connectivity index is 2.34. The summed E-state index contributed by atoms with van der Waals surface area (Å²) in [5.74, 6) is -4.72. The first-order valence-electron chi connectivity index (χ1n) is 4.22. The molecular formula is C9H8F4O2S. The van der Waals surface area contributed by atoms with Crippen LogP contribution in [0.25, 0.3) is 0 Å². The average molecular weight is 256 g/mol. The molecule has 1 rings (SSSR count). The molecule has 0 unspecified atom stereocenters. The average Bonchev–Trinajstić information content (AvgIpc) is 2.69. The summed E-state index contributed by atoms with van der Waals surface area (Å²) in [7, 11) is 0. The largest absolute Gasteiger partial charge is 0.367 e. The molecule has 90 valence electrons. The van der Waals surface area contributed by atoms with Gasteiger partial charge in [0.05, 0.1) is 0 Å². The number of Topliss-reactive ketones (excluding diaryl/α,β-unsaturated/α-hetero) is 1. The normalized spacial score (nSPS) is 12.1. The van der Waals surface area contributed by atoms with E-state index in [1.54, 1.807) is 5.38 Å². The lowest BCUT2D eigenvalue weighted by Crippen LogP contribution is -2.33. The predicted octanol–water partition coefficient (Wildman–Crippen LogP) is 2.85. The van der Waals surface area contributed by atoms with Crippen LogP contribution < -0.4 is 0 Å². The van der Waals surface area contributed by atoms with Gasteiger partial charge in [-0.2, -0.15) is 20.1 Å². The van der Waals surface area contributed by atoms with E-state index in [9.17, 15) is 22.4 Å². The molecule has 1 aromatic rings. The Kier molecular flexibility index (Phi) is 4.43. The molecule has 0 atom stereocenters. The summed E-state index contributed by atoms with van der Waals surface area (Å²) in [4.78, 5) is 11.2. The zero-order valence-electron chi connectivity index (χ0n) is 7.96. The third kappa shape index (κ3) is 3.57. The zero-order valence-corrected chi connectivity index (χ0v) is 8.78. The molecule has 0 saturated carbocycles. The second-order valence-corrected chi connectivity index (χ2v) is 3.77. The van der Waals surface area contributed by atoms with Crippen LogP contribution >= 0.6 is 11.3 Å². The van der Waals surface area contributed by atoms with Gasteiger partial charge >= 0.3 is 12.3 Å².